The summed E-state index contributed by atoms with van der Waals surface area (Å²) in [7, 11) is 0. The molecule has 1 aromatic heterocycles. The summed E-state index contributed by atoms with van der Waals surface area (Å²) in [6, 6.07) is 13.7. The summed E-state index contributed by atoms with van der Waals surface area (Å²) in [5.41, 5.74) is 2.27. The summed E-state index contributed by atoms with van der Waals surface area (Å²) < 4.78 is 5.39. The van der Waals surface area contributed by atoms with E-state index in [1.165, 1.54) is 16.2 Å². The van der Waals surface area contributed by atoms with Crippen LogP contribution in [0.2, 0.25) is 0 Å². The minimum Gasteiger partial charge on any atom is -0.491 e. The third-order valence-corrected chi connectivity index (χ3v) is 6.95. The monoisotopic (exact) mass is 495 g/mol. The number of Topliss-reactive ketones (excluding diaryl/α,β-unsaturated/α-hetero) is 1. The lowest BCUT2D eigenvalue weighted by molar-refractivity contribution is -0.137. The molecule has 1 aliphatic heterocycles. The van der Waals surface area contributed by atoms with Crippen LogP contribution in [0.15, 0.2) is 48.5 Å². The van der Waals surface area contributed by atoms with Crippen LogP contribution in [0.5, 0.6) is 5.75 Å². The highest BCUT2D eigenvalue weighted by atomic mass is 32.1. The van der Waals surface area contributed by atoms with Crippen molar-refractivity contribution in [2.24, 2.45) is 5.92 Å². The molecule has 0 bridgehead atoms. The molecule has 8 nitrogen and oxygen atoms in total. The Morgan fingerprint density at radius 2 is 1.71 bits per heavy atom. The molecule has 1 aliphatic rings. The number of aliphatic hydroxyl groups excluding tert-OH is 2. The molecule has 0 saturated carbocycles. The molecule has 2 N–H and O–H groups in total. The third kappa shape index (κ3) is 4.98. The van der Waals surface area contributed by atoms with Crippen LogP contribution >= 0.6 is 11.3 Å². The van der Waals surface area contributed by atoms with E-state index in [0.29, 0.717) is 21.5 Å². The Morgan fingerprint density at radius 3 is 2.26 bits per heavy atom. The fraction of sp³-hybridized carbons (Fsp3) is 0.385. The maximum atomic E-state index is 13.3. The predicted octanol–water partition coefficient (Wildman–Crippen LogP) is 3.52. The Kier molecular flexibility index (Phi) is 7.02. The maximum absolute atomic E-state index is 13.3. The lowest BCUT2D eigenvalue weighted by Crippen LogP contribution is -2.30. The van der Waals surface area contributed by atoms with E-state index < -0.39 is 29.8 Å². The Labute approximate surface area is 208 Å². The molecule has 1 amide bonds. The number of ether oxygens (including phenoxy) is 1. The lowest BCUT2D eigenvalue weighted by Gasteiger charge is -2.29. The molecule has 0 radical (unpaired) electrons. The molecule has 2 aromatic carbocycles. The fourth-order valence-electron chi connectivity index (χ4n) is 4.27. The van der Waals surface area contributed by atoms with Gasteiger partial charge in [0.25, 0.3) is 5.91 Å². The van der Waals surface area contributed by atoms with Gasteiger partial charge in [0.2, 0.25) is 10.9 Å². The summed E-state index contributed by atoms with van der Waals surface area (Å²) in [4.78, 5) is 27.9. The molecule has 1 fully saturated rings. The SMILES string of the molecule is Cc1nnc(N2C(=O)C(=O)C(C(O)c3ccc(OCCO)cc3)C2c2ccc(C(C)(C)C)cc2)s1. The van der Waals surface area contributed by atoms with E-state index in [2.05, 4.69) is 31.0 Å². The molecule has 2 heterocycles. The number of aryl methyl sites for hydroxylation is 1. The maximum Gasteiger partial charge on any atom is 0.297 e. The topological polar surface area (TPSA) is 113 Å². The van der Waals surface area contributed by atoms with Crippen molar-refractivity contribution in [3.63, 3.8) is 0 Å². The van der Waals surface area contributed by atoms with Gasteiger partial charge >= 0.3 is 0 Å². The zero-order chi connectivity index (χ0) is 25.3. The summed E-state index contributed by atoms with van der Waals surface area (Å²) in [5, 5.41) is 29.4. The molecular formula is C26H29N3O5S. The van der Waals surface area contributed by atoms with E-state index in [1.54, 1.807) is 31.2 Å². The number of nitrogens with zero attached hydrogens (tertiary/aromatic N) is 3. The van der Waals surface area contributed by atoms with Gasteiger partial charge in [0.05, 0.1) is 24.7 Å². The van der Waals surface area contributed by atoms with Crippen LogP contribution in [0, 0.1) is 12.8 Å². The average molecular weight is 496 g/mol. The van der Waals surface area contributed by atoms with Crippen LogP contribution in [-0.4, -0.2) is 45.3 Å². The number of aromatic nitrogens is 2. The standard InChI is InChI=1S/C26H29N3O5S/c1-15-27-28-25(35-15)29-21(16-5-9-18(10-6-16)26(2,3)4)20(23(32)24(29)33)22(31)17-7-11-19(12-8-17)34-14-13-30/h5-12,20-22,30-31H,13-14H2,1-4H3. The number of anilines is 1. The van der Waals surface area contributed by atoms with Crippen LogP contribution in [0.25, 0.3) is 0 Å². The van der Waals surface area contributed by atoms with Crippen molar-refractivity contribution in [1.29, 1.82) is 0 Å². The molecule has 3 aromatic rings. The quantitative estimate of drug-likeness (QED) is 0.482. The van der Waals surface area contributed by atoms with Gasteiger partial charge < -0.3 is 14.9 Å². The number of benzene rings is 2. The van der Waals surface area contributed by atoms with Gasteiger partial charge in [-0.3, -0.25) is 14.5 Å². The van der Waals surface area contributed by atoms with Crippen molar-refractivity contribution in [2.45, 2.75) is 45.3 Å². The Morgan fingerprint density at radius 1 is 1.06 bits per heavy atom. The molecule has 3 atom stereocenters. The number of carbonyl (C=O) groups is 2. The van der Waals surface area contributed by atoms with Crippen molar-refractivity contribution in [3.05, 3.63) is 70.2 Å². The van der Waals surface area contributed by atoms with Crippen molar-refractivity contribution < 1.29 is 24.5 Å². The summed E-state index contributed by atoms with van der Waals surface area (Å²) in [6.07, 6.45) is -1.23. The van der Waals surface area contributed by atoms with Gasteiger partial charge in [-0.1, -0.05) is 68.5 Å². The zero-order valence-electron chi connectivity index (χ0n) is 20.1. The van der Waals surface area contributed by atoms with Gasteiger partial charge in [-0.2, -0.15) is 0 Å². The minimum absolute atomic E-state index is 0.0609. The second-order valence-corrected chi connectivity index (χ2v) is 10.7. The number of carbonyl (C=O) groups excluding carboxylic acids is 2. The van der Waals surface area contributed by atoms with E-state index >= 15 is 0 Å². The summed E-state index contributed by atoms with van der Waals surface area (Å²) >= 11 is 1.23. The molecule has 4 rings (SSSR count). The smallest absolute Gasteiger partial charge is 0.297 e. The van der Waals surface area contributed by atoms with Crippen molar-refractivity contribution in [2.75, 3.05) is 18.1 Å². The first-order valence-corrected chi connectivity index (χ1v) is 12.2. The normalized spacial score (nSPS) is 19.3. The number of hydrogen-bond acceptors (Lipinski definition) is 8. The van der Waals surface area contributed by atoms with Crippen LogP contribution in [0.3, 0.4) is 0 Å². The van der Waals surface area contributed by atoms with Gasteiger partial charge in [0.1, 0.15) is 17.4 Å². The average Bonchev–Trinajstić information content (AvgIpc) is 3.37. The molecular weight excluding hydrogens is 466 g/mol. The van der Waals surface area contributed by atoms with E-state index in [4.69, 9.17) is 9.84 Å². The zero-order valence-corrected chi connectivity index (χ0v) is 21.0. The second kappa shape index (κ2) is 9.85. The first kappa shape index (κ1) is 25.0. The van der Waals surface area contributed by atoms with Crippen LogP contribution in [-0.2, 0) is 15.0 Å². The van der Waals surface area contributed by atoms with Crippen molar-refractivity contribution in [3.8, 4) is 5.75 Å². The Balaban J connectivity index is 1.75. The van der Waals surface area contributed by atoms with Gasteiger partial charge in [0, 0.05) is 0 Å². The Hall–Kier alpha value is -3.14. The minimum atomic E-state index is -1.23. The van der Waals surface area contributed by atoms with Gasteiger partial charge in [-0.15, -0.1) is 10.2 Å². The van der Waals surface area contributed by atoms with Crippen LogP contribution in [0.1, 0.15) is 54.6 Å². The summed E-state index contributed by atoms with van der Waals surface area (Å²) in [6.45, 7) is 8.16. The molecule has 1 saturated heterocycles. The number of ketones is 1. The van der Waals surface area contributed by atoms with Crippen LogP contribution in [0.4, 0.5) is 5.13 Å². The van der Waals surface area contributed by atoms with Crippen LogP contribution < -0.4 is 9.64 Å². The Bertz CT molecular complexity index is 1200. The highest BCUT2D eigenvalue weighted by Crippen LogP contribution is 2.46. The fourth-order valence-corrected chi connectivity index (χ4v) is 4.99. The molecule has 3 unspecified atom stereocenters. The van der Waals surface area contributed by atoms with Crippen molar-refractivity contribution in [1.82, 2.24) is 10.2 Å². The molecule has 0 aliphatic carbocycles. The first-order valence-electron chi connectivity index (χ1n) is 11.4. The third-order valence-electron chi connectivity index (χ3n) is 6.11. The predicted molar refractivity (Wildman–Crippen MR) is 132 cm³/mol. The largest absolute Gasteiger partial charge is 0.491 e. The second-order valence-electron chi connectivity index (χ2n) is 9.57. The van der Waals surface area contributed by atoms with Gasteiger partial charge in [0.15, 0.2) is 0 Å². The number of rotatable bonds is 7. The highest BCUT2D eigenvalue weighted by molar-refractivity contribution is 7.15. The van der Waals surface area contributed by atoms with Gasteiger partial charge in [-0.05, 0) is 41.2 Å². The van der Waals surface area contributed by atoms with Gasteiger partial charge in [-0.25, -0.2) is 0 Å². The summed E-state index contributed by atoms with van der Waals surface area (Å²) in [5.74, 6) is -1.88. The first-order chi connectivity index (χ1) is 16.6. The molecule has 9 heteroatoms. The number of hydrogen-bond donors (Lipinski definition) is 2. The van der Waals surface area contributed by atoms with E-state index in [-0.39, 0.29) is 18.6 Å². The van der Waals surface area contributed by atoms with E-state index in [1.807, 2.05) is 24.3 Å². The lowest BCUT2D eigenvalue weighted by atomic mass is 9.82. The van der Waals surface area contributed by atoms with E-state index in [9.17, 15) is 14.7 Å². The molecule has 35 heavy (non-hydrogen) atoms. The molecule has 184 valence electrons. The molecule has 0 spiro atoms. The van der Waals surface area contributed by atoms with E-state index in [0.717, 1.165) is 11.1 Å². The number of aliphatic hydroxyl groups is 2. The number of amides is 1. The van der Waals surface area contributed by atoms with Crippen molar-refractivity contribution >= 4 is 28.2 Å². The highest BCUT2D eigenvalue weighted by Gasteiger charge is 2.53.